The number of anilines is 1. The van der Waals surface area contributed by atoms with Crippen LogP contribution in [0, 0.1) is 13.8 Å². The normalized spacial score (nSPS) is 17.0. The van der Waals surface area contributed by atoms with Gasteiger partial charge in [-0.15, -0.1) is 0 Å². The van der Waals surface area contributed by atoms with Gasteiger partial charge >= 0.3 is 0 Å². The van der Waals surface area contributed by atoms with E-state index in [4.69, 9.17) is 0 Å². The molecule has 1 aromatic carbocycles. The lowest BCUT2D eigenvalue weighted by molar-refractivity contribution is 0.102. The first-order valence-corrected chi connectivity index (χ1v) is 8.46. The Morgan fingerprint density at radius 3 is 2.83 bits per heavy atom. The van der Waals surface area contributed by atoms with Crippen molar-refractivity contribution >= 4 is 11.6 Å². The van der Waals surface area contributed by atoms with Crippen LogP contribution in [0.15, 0.2) is 24.3 Å². The Morgan fingerprint density at radius 1 is 1.22 bits per heavy atom. The third kappa shape index (κ3) is 2.68. The molecule has 2 N–H and O–H groups in total. The molecule has 1 aliphatic heterocycles. The number of benzene rings is 1. The van der Waals surface area contributed by atoms with Crippen LogP contribution in [0.25, 0.3) is 0 Å². The van der Waals surface area contributed by atoms with Crippen LogP contribution in [0.1, 0.15) is 51.8 Å². The zero-order chi connectivity index (χ0) is 16.0. The van der Waals surface area contributed by atoms with E-state index in [1.807, 2.05) is 12.1 Å². The summed E-state index contributed by atoms with van der Waals surface area (Å²) in [6, 6.07) is 8.87. The van der Waals surface area contributed by atoms with Crippen LogP contribution in [-0.4, -0.2) is 17.0 Å². The first-order chi connectivity index (χ1) is 11.1. The largest absolute Gasteiger partial charge is 0.345 e. The van der Waals surface area contributed by atoms with Crippen LogP contribution in [0.4, 0.5) is 5.69 Å². The Hall–Kier alpha value is -2.07. The molecule has 2 heterocycles. The average Bonchev–Trinajstić information content (AvgIpc) is 3.32. The Labute approximate surface area is 136 Å². The lowest BCUT2D eigenvalue weighted by atomic mass is 10.0. The van der Waals surface area contributed by atoms with Gasteiger partial charge in [0.2, 0.25) is 0 Å². The molecule has 2 aliphatic rings. The van der Waals surface area contributed by atoms with Crippen molar-refractivity contribution in [3.63, 3.8) is 0 Å². The predicted octanol–water partition coefficient (Wildman–Crippen LogP) is 3.34. The van der Waals surface area contributed by atoms with Gasteiger partial charge in [0.15, 0.2) is 0 Å². The van der Waals surface area contributed by atoms with Gasteiger partial charge in [0.25, 0.3) is 5.91 Å². The van der Waals surface area contributed by atoms with Gasteiger partial charge in [-0.05, 0) is 69.0 Å². The number of amides is 1. The minimum atomic E-state index is -0.00582. The molecule has 0 unspecified atom stereocenters. The van der Waals surface area contributed by atoms with Gasteiger partial charge in [-0.2, -0.15) is 0 Å². The number of carbonyl (C=O) groups excluding carboxylic acids is 1. The summed E-state index contributed by atoms with van der Waals surface area (Å²) in [6.45, 7) is 6.06. The van der Waals surface area contributed by atoms with Gasteiger partial charge in [-0.1, -0.05) is 6.07 Å². The summed E-state index contributed by atoms with van der Waals surface area (Å²) >= 11 is 0. The maximum Gasteiger partial charge on any atom is 0.257 e. The molecular weight excluding hydrogens is 286 g/mol. The maximum atomic E-state index is 12.7. The van der Waals surface area contributed by atoms with Crippen molar-refractivity contribution in [2.45, 2.75) is 45.7 Å². The third-order valence-electron chi connectivity index (χ3n) is 4.99. The lowest BCUT2D eigenvalue weighted by Crippen LogP contribution is -2.23. The van der Waals surface area contributed by atoms with E-state index < -0.39 is 0 Å². The smallest absolute Gasteiger partial charge is 0.257 e. The van der Waals surface area contributed by atoms with E-state index in [9.17, 15) is 4.79 Å². The summed E-state index contributed by atoms with van der Waals surface area (Å²) in [4.78, 5) is 12.7. The second-order valence-electron chi connectivity index (χ2n) is 6.75. The van der Waals surface area contributed by atoms with Crippen LogP contribution in [0.5, 0.6) is 0 Å². The molecule has 4 nitrogen and oxygen atoms in total. The van der Waals surface area contributed by atoms with Crippen molar-refractivity contribution in [1.29, 1.82) is 0 Å². The van der Waals surface area contributed by atoms with Gasteiger partial charge in [-0.25, -0.2) is 0 Å². The molecule has 1 saturated carbocycles. The molecule has 0 spiro atoms. The second kappa shape index (κ2) is 5.53. The van der Waals surface area contributed by atoms with Gasteiger partial charge in [0.1, 0.15) is 0 Å². The molecule has 1 amide bonds. The summed E-state index contributed by atoms with van der Waals surface area (Å²) in [6.07, 6.45) is 3.52. The van der Waals surface area contributed by atoms with Crippen molar-refractivity contribution in [3.05, 3.63) is 52.3 Å². The average molecular weight is 309 g/mol. The van der Waals surface area contributed by atoms with Crippen LogP contribution in [0.2, 0.25) is 0 Å². The predicted molar refractivity (Wildman–Crippen MR) is 92.0 cm³/mol. The van der Waals surface area contributed by atoms with E-state index in [-0.39, 0.29) is 5.91 Å². The van der Waals surface area contributed by atoms with E-state index in [1.165, 1.54) is 29.7 Å². The fraction of sp³-hybridized carbons (Fsp3) is 0.421. The number of rotatable bonds is 3. The van der Waals surface area contributed by atoms with Crippen LogP contribution < -0.4 is 10.6 Å². The quantitative estimate of drug-likeness (QED) is 0.913. The fourth-order valence-electron chi connectivity index (χ4n) is 3.66. The Morgan fingerprint density at radius 2 is 2.04 bits per heavy atom. The molecule has 1 fully saturated rings. The zero-order valence-corrected chi connectivity index (χ0v) is 13.8. The van der Waals surface area contributed by atoms with E-state index in [0.717, 1.165) is 36.5 Å². The second-order valence-corrected chi connectivity index (χ2v) is 6.75. The Balaban J connectivity index is 1.57. The highest BCUT2D eigenvalue weighted by Crippen LogP contribution is 2.38. The van der Waals surface area contributed by atoms with Crippen molar-refractivity contribution < 1.29 is 4.79 Å². The standard InChI is InChI=1S/C19H23N3O/c1-12-9-18(13(2)22(12)17-5-6-17)19(23)21-16-4-3-14-7-8-20-11-15(14)10-16/h3-4,9-10,17,20H,5-8,11H2,1-2H3,(H,21,23). The van der Waals surface area contributed by atoms with E-state index in [1.54, 1.807) is 0 Å². The van der Waals surface area contributed by atoms with Gasteiger partial charge in [-0.3, -0.25) is 4.79 Å². The van der Waals surface area contributed by atoms with Gasteiger partial charge < -0.3 is 15.2 Å². The molecule has 1 aliphatic carbocycles. The zero-order valence-electron chi connectivity index (χ0n) is 13.8. The number of aromatic nitrogens is 1. The minimum absolute atomic E-state index is 0.00582. The molecule has 120 valence electrons. The minimum Gasteiger partial charge on any atom is -0.345 e. The van der Waals surface area contributed by atoms with Gasteiger partial charge in [0.05, 0.1) is 5.56 Å². The van der Waals surface area contributed by atoms with E-state index >= 15 is 0 Å². The highest BCUT2D eigenvalue weighted by Gasteiger charge is 2.28. The van der Waals surface area contributed by atoms with E-state index in [0.29, 0.717) is 6.04 Å². The van der Waals surface area contributed by atoms with Gasteiger partial charge in [0, 0.05) is 29.7 Å². The fourth-order valence-corrected chi connectivity index (χ4v) is 3.66. The SMILES string of the molecule is Cc1cc(C(=O)Nc2ccc3c(c2)CNCC3)c(C)n1C1CC1. The number of aryl methyl sites for hydroxylation is 1. The van der Waals surface area contributed by atoms with Crippen molar-refractivity contribution in [1.82, 2.24) is 9.88 Å². The highest BCUT2D eigenvalue weighted by molar-refractivity contribution is 6.05. The monoisotopic (exact) mass is 309 g/mol. The number of nitrogens with zero attached hydrogens (tertiary/aromatic N) is 1. The Bertz CT molecular complexity index is 771. The molecule has 0 atom stereocenters. The summed E-state index contributed by atoms with van der Waals surface area (Å²) in [5.74, 6) is -0.00582. The number of fused-ring (bicyclic) bond motifs is 1. The van der Waals surface area contributed by atoms with Crippen LogP contribution in [-0.2, 0) is 13.0 Å². The topological polar surface area (TPSA) is 46.1 Å². The molecule has 1 aromatic heterocycles. The summed E-state index contributed by atoms with van der Waals surface area (Å²) in [7, 11) is 0. The number of hydrogen-bond donors (Lipinski definition) is 2. The highest BCUT2D eigenvalue weighted by atomic mass is 16.1. The van der Waals surface area contributed by atoms with E-state index in [2.05, 4.69) is 41.2 Å². The summed E-state index contributed by atoms with van der Waals surface area (Å²) in [5, 5.41) is 6.45. The number of hydrogen-bond acceptors (Lipinski definition) is 2. The molecule has 4 rings (SSSR count). The first-order valence-electron chi connectivity index (χ1n) is 8.46. The number of carbonyl (C=O) groups is 1. The number of nitrogens with one attached hydrogen (secondary N) is 2. The van der Waals surface area contributed by atoms with Crippen molar-refractivity contribution in [2.24, 2.45) is 0 Å². The molecule has 23 heavy (non-hydrogen) atoms. The van der Waals surface area contributed by atoms with Crippen LogP contribution >= 0.6 is 0 Å². The van der Waals surface area contributed by atoms with Crippen LogP contribution in [0.3, 0.4) is 0 Å². The molecule has 0 saturated heterocycles. The molecule has 0 bridgehead atoms. The molecule has 0 radical (unpaired) electrons. The summed E-state index contributed by atoms with van der Waals surface area (Å²) < 4.78 is 2.31. The molecule has 2 aromatic rings. The summed E-state index contributed by atoms with van der Waals surface area (Å²) in [5.41, 5.74) is 6.62. The lowest BCUT2D eigenvalue weighted by Gasteiger charge is -2.18. The maximum absolute atomic E-state index is 12.7. The van der Waals surface area contributed by atoms with Crippen molar-refractivity contribution in [2.75, 3.05) is 11.9 Å². The molecule has 4 heteroatoms. The third-order valence-corrected chi connectivity index (χ3v) is 4.99. The Kier molecular flexibility index (Phi) is 3.49. The first kappa shape index (κ1) is 14.5. The molecular formula is C19H23N3O. The van der Waals surface area contributed by atoms with Crippen molar-refractivity contribution in [3.8, 4) is 0 Å².